The number of hydrogen-bond donors (Lipinski definition) is 2. The minimum Gasteiger partial charge on any atom is -0.495 e. The van der Waals surface area contributed by atoms with Gasteiger partial charge in [0.25, 0.3) is 10.9 Å². The first-order valence-corrected chi connectivity index (χ1v) is 9.76. The van der Waals surface area contributed by atoms with Crippen molar-refractivity contribution in [3.63, 3.8) is 0 Å². The molecular weight excluding hydrogens is 408 g/mol. The molecule has 4 aromatic carbocycles. The number of rotatable bonds is 6. The van der Waals surface area contributed by atoms with E-state index in [-0.39, 0.29) is 10.7 Å². The average Bonchev–Trinajstić information content (AvgIpc) is 2.84. The molecule has 0 heterocycles. The Morgan fingerprint density at radius 2 is 0.969 bits per heavy atom. The van der Waals surface area contributed by atoms with E-state index in [1.54, 1.807) is 60.7 Å². The molecule has 0 atom stereocenters. The van der Waals surface area contributed by atoms with Gasteiger partial charge in [0.1, 0.15) is 22.2 Å². The largest absolute Gasteiger partial charge is 0.495 e. The lowest BCUT2D eigenvalue weighted by Gasteiger charge is -2.07. The molecule has 8 heteroatoms. The zero-order valence-corrected chi connectivity index (χ0v) is 17.5. The van der Waals surface area contributed by atoms with Crippen LogP contribution in [0.15, 0.2) is 92.6 Å². The summed E-state index contributed by atoms with van der Waals surface area (Å²) in [6.07, 6.45) is 0. The van der Waals surface area contributed by atoms with Crippen LogP contribution in [0.3, 0.4) is 0 Å². The first kappa shape index (κ1) is 20.8. The molecule has 0 aliphatic carbocycles. The van der Waals surface area contributed by atoms with Gasteiger partial charge in [-0.05, 0) is 24.3 Å². The van der Waals surface area contributed by atoms with Crippen LogP contribution in [0, 0.1) is 0 Å². The molecule has 0 radical (unpaired) electrons. The number of ether oxygens (including phenoxy) is 2. The molecule has 4 aromatic rings. The highest BCUT2D eigenvalue weighted by Gasteiger charge is 2.11. The maximum Gasteiger partial charge on any atom is 0.256 e. The average molecular weight is 428 g/mol. The maximum absolute atomic E-state index is 12.9. The molecule has 0 spiro atoms. The van der Waals surface area contributed by atoms with E-state index in [2.05, 4.69) is 21.1 Å². The van der Waals surface area contributed by atoms with Gasteiger partial charge in [-0.1, -0.05) is 48.5 Å². The van der Waals surface area contributed by atoms with Gasteiger partial charge >= 0.3 is 0 Å². The van der Waals surface area contributed by atoms with E-state index in [0.717, 1.165) is 0 Å². The number of anilines is 2. The van der Waals surface area contributed by atoms with E-state index in [4.69, 9.17) is 9.47 Å². The fourth-order valence-corrected chi connectivity index (χ4v) is 3.28. The van der Waals surface area contributed by atoms with Crippen molar-refractivity contribution in [3.8, 4) is 11.5 Å². The van der Waals surface area contributed by atoms with Gasteiger partial charge in [-0.15, -0.1) is 0 Å². The van der Waals surface area contributed by atoms with Gasteiger partial charge < -0.3 is 9.47 Å². The highest BCUT2D eigenvalue weighted by atomic mass is 16.5. The van der Waals surface area contributed by atoms with Crippen LogP contribution in [-0.2, 0) is 0 Å². The highest BCUT2D eigenvalue weighted by molar-refractivity contribution is 5.81. The van der Waals surface area contributed by atoms with Crippen LogP contribution in [-0.4, -0.2) is 14.2 Å². The van der Waals surface area contributed by atoms with Crippen LogP contribution in [0.5, 0.6) is 11.5 Å². The van der Waals surface area contributed by atoms with Crippen LogP contribution < -0.4 is 41.9 Å². The summed E-state index contributed by atoms with van der Waals surface area (Å²) in [4.78, 5) is 25.8. The molecule has 0 aliphatic heterocycles. The Kier molecular flexibility index (Phi) is 5.94. The van der Waals surface area contributed by atoms with E-state index < -0.39 is 10.9 Å². The summed E-state index contributed by atoms with van der Waals surface area (Å²) in [6.45, 7) is 0. The summed E-state index contributed by atoms with van der Waals surface area (Å²) >= 11 is 0. The summed E-state index contributed by atoms with van der Waals surface area (Å²) in [5.74, 6) is 1.12. The SMILES string of the molecule is COc1ccccc1NN=c1c(=O)c(=O)c(=NNc2ccccc2OC)c2ccccc12. The minimum atomic E-state index is -0.758. The fraction of sp³-hybridized carbons (Fsp3) is 0.0833. The zero-order valence-electron chi connectivity index (χ0n) is 17.5. The van der Waals surface area contributed by atoms with E-state index in [1.807, 2.05) is 12.1 Å². The highest BCUT2D eigenvalue weighted by Crippen LogP contribution is 2.23. The van der Waals surface area contributed by atoms with E-state index in [0.29, 0.717) is 33.6 Å². The number of hydrogen-bond acceptors (Lipinski definition) is 8. The molecule has 0 bridgehead atoms. The Hall–Kier alpha value is -4.46. The van der Waals surface area contributed by atoms with Gasteiger partial charge in [0.05, 0.1) is 25.6 Å². The van der Waals surface area contributed by atoms with Crippen molar-refractivity contribution < 1.29 is 9.47 Å². The third kappa shape index (κ3) is 3.93. The van der Waals surface area contributed by atoms with Crippen LogP contribution in [0.25, 0.3) is 10.8 Å². The van der Waals surface area contributed by atoms with Crippen LogP contribution in [0.1, 0.15) is 0 Å². The van der Waals surface area contributed by atoms with Crippen molar-refractivity contribution in [2.75, 3.05) is 25.1 Å². The van der Waals surface area contributed by atoms with E-state index in [9.17, 15) is 9.59 Å². The smallest absolute Gasteiger partial charge is 0.256 e. The Morgan fingerprint density at radius 3 is 1.38 bits per heavy atom. The monoisotopic (exact) mass is 428 g/mol. The predicted molar refractivity (Wildman–Crippen MR) is 123 cm³/mol. The van der Waals surface area contributed by atoms with Crippen LogP contribution >= 0.6 is 0 Å². The third-order valence-electron chi connectivity index (χ3n) is 4.86. The number of para-hydroxylation sites is 4. The zero-order chi connectivity index (χ0) is 22.5. The molecule has 0 unspecified atom stereocenters. The maximum atomic E-state index is 12.9. The van der Waals surface area contributed by atoms with Crippen molar-refractivity contribution >= 4 is 22.1 Å². The number of nitrogens with one attached hydrogen (secondary N) is 2. The lowest BCUT2D eigenvalue weighted by atomic mass is 10.1. The van der Waals surface area contributed by atoms with Gasteiger partial charge in [0, 0.05) is 10.8 Å². The number of methoxy groups -OCH3 is 2. The summed E-state index contributed by atoms with van der Waals surface area (Å²) in [5.41, 5.74) is 5.28. The second-order valence-corrected chi connectivity index (χ2v) is 6.75. The Bertz CT molecular complexity index is 1390. The molecule has 0 saturated heterocycles. The summed E-state index contributed by atoms with van der Waals surface area (Å²) in [5, 5.41) is 9.49. The quantitative estimate of drug-likeness (QED) is 0.361. The molecule has 160 valence electrons. The van der Waals surface area contributed by atoms with Gasteiger partial charge in [-0.25, -0.2) is 0 Å². The molecule has 8 nitrogen and oxygen atoms in total. The van der Waals surface area contributed by atoms with Crippen LogP contribution in [0.4, 0.5) is 11.4 Å². The first-order chi connectivity index (χ1) is 15.6. The fourth-order valence-electron chi connectivity index (χ4n) is 3.28. The summed E-state index contributed by atoms with van der Waals surface area (Å²) < 4.78 is 10.6. The van der Waals surface area contributed by atoms with Gasteiger partial charge in [-0.2, -0.15) is 10.2 Å². The molecule has 4 rings (SSSR count). The molecule has 0 saturated carbocycles. The normalized spacial score (nSPS) is 12.1. The van der Waals surface area contributed by atoms with Gasteiger partial charge in [0.15, 0.2) is 0 Å². The Labute approximate surface area is 182 Å². The van der Waals surface area contributed by atoms with Crippen LogP contribution in [0.2, 0.25) is 0 Å². The second-order valence-electron chi connectivity index (χ2n) is 6.75. The molecule has 0 aliphatic rings. The summed E-state index contributed by atoms with van der Waals surface area (Å²) in [7, 11) is 3.07. The number of fused-ring (bicyclic) bond motifs is 1. The standard InChI is InChI=1S/C24H20N4O4/c1-31-19-13-7-5-11-17(19)25-27-21-15-9-3-4-10-16(15)22(24(30)23(21)29)28-26-18-12-6-8-14-20(18)32-2/h3-14,25-26H,1-2H3. The molecule has 32 heavy (non-hydrogen) atoms. The van der Waals surface area contributed by atoms with Crippen molar-refractivity contribution in [1.82, 2.24) is 0 Å². The van der Waals surface area contributed by atoms with Gasteiger partial charge in [-0.3, -0.25) is 20.4 Å². The first-order valence-electron chi connectivity index (χ1n) is 9.76. The summed E-state index contributed by atoms with van der Waals surface area (Å²) in [6, 6.07) is 21.3. The van der Waals surface area contributed by atoms with Crippen molar-refractivity contribution in [1.29, 1.82) is 0 Å². The van der Waals surface area contributed by atoms with Crippen molar-refractivity contribution in [3.05, 3.63) is 104 Å². The molecule has 0 aromatic heterocycles. The third-order valence-corrected chi connectivity index (χ3v) is 4.86. The minimum absolute atomic E-state index is 0.00717. The predicted octanol–water partition coefficient (Wildman–Crippen LogP) is 2.31. The number of nitrogens with zero attached hydrogens (tertiary/aromatic N) is 2. The molecular formula is C24H20N4O4. The second kappa shape index (κ2) is 9.13. The topological polar surface area (TPSA) is 101 Å². The molecule has 0 fully saturated rings. The Balaban J connectivity index is 1.87. The number of benzene rings is 4. The Morgan fingerprint density at radius 1 is 0.594 bits per heavy atom. The van der Waals surface area contributed by atoms with E-state index in [1.165, 1.54) is 14.2 Å². The lowest BCUT2D eigenvalue weighted by molar-refractivity contribution is 0.416. The van der Waals surface area contributed by atoms with Crippen molar-refractivity contribution in [2.24, 2.45) is 10.2 Å². The van der Waals surface area contributed by atoms with Crippen molar-refractivity contribution in [2.45, 2.75) is 0 Å². The molecule has 0 amide bonds. The van der Waals surface area contributed by atoms with Gasteiger partial charge in [0.2, 0.25) is 0 Å². The lowest BCUT2D eigenvalue weighted by Crippen LogP contribution is -2.48. The molecule has 2 N–H and O–H groups in total. The van der Waals surface area contributed by atoms with E-state index >= 15 is 0 Å².